The van der Waals surface area contributed by atoms with E-state index < -0.39 is 5.60 Å². The Bertz CT molecular complexity index is 355. The predicted molar refractivity (Wildman–Crippen MR) is 73.5 cm³/mol. The normalized spacial score (nSPS) is 16.5. The first-order valence-corrected chi connectivity index (χ1v) is 7.08. The van der Waals surface area contributed by atoms with Gasteiger partial charge in [0.05, 0.1) is 5.60 Å². The standard InChI is InChI=1S/C13H21NO2S/c1-10(11-6-4-5-7-12(11)15)14-8-13(2,16)9-17-3/h4-7,10,14-16H,8-9H2,1-3H3. The lowest BCUT2D eigenvalue weighted by Gasteiger charge is -2.25. The minimum Gasteiger partial charge on any atom is -0.508 e. The van der Waals surface area contributed by atoms with E-state index in [-0.39, 0.29) is 11.8 Å². The fourth-order valence-corrected chi connectivity index (χ4v) is 2.42. The molecular formula is C13H21NO2S. The molecule has 96 valence electrons. The zero-order valence-corrected chi connectivity index (χ0v) is 11.4. The number of benzene rings is 1. The Balaban J connectivity index is 2.56. The molecule has 0 radical (unpaired) electrons. The second kappa shape index (κ2) is 6.28. The molecular weight excluding hydrogens is 234 g/mol. The van der Waals surface area contributed by atoms with Gasteiger partial charge in [-0.25, -0.2) is 0 Å². The van der Waals surface area contributed by atoms with Crippen LogP contribution in [0.25, 0.3) is 0 Å². The van der Waals surface area contributed by atoms with Crippen LogP contribution in [0.4, 0.5) is 0 Å². The third-order valence-electron chi connectivity index (χ3n) is 2.65. The van der Waals surface area contributed by atoms with Crippen molar-refractivity contribution in [3.05, 3.63) is 29.8 Å². The summed E-state index contributed by atoms with van der Waals surface area (Å²) in [5.74, 6) is 0.977. The van der Waals surface area contributed by atoms with Gasteiger partial charge in [0.25, 0.3) is 0 Å². The number of hydrogen-bond donors (Lipinski definition) is 3. The molecule has 3 nitrogen and oxygen atoms in total. The summed E-state index contributed by atoms with van der Waals surface area (Å²) < 4.78 is 0. The molecule has 0 aliphatic rings. The largest absolute Gasteiger partial charge is 0.508 e. The van der Waals surface area contributed by atoms with E-state index >= 15 is 0 Å². The van der Waals surface area contributed by atoms with Gasteiger partial charge in [-0.15, -0.1) is 0 Å². The molecule has 0 amide bonds. The molecule has 2 atom stereocenters. The highest BCUT2D eigenvalue weighted by atomic mass is 32.2. The highest BCUT2D eigenvalue weighted by molar-refractivity contribution is 7.98. The monoisotopic (exact) mass is 255 g/mol. The number of hydrogen-bond acceptors (Lipinski definition) is 4. The molecule has 0 aliphatic carbocycles. The highest BCUT2D eigenvalue weighted by Gasteiger charge is 2.21. The maximum Gasteiger partial charge on any atom is 0.120 e. The lowest BCUT2D eigenvalue weighted by atomic mass is 10.1. The minimum atomic E-state index is -0.724. The maximum atomic E-state index is 10.0. The number of rotatable bonds is 6. The Hall–Kier alpha value is -0.710. The van der Waals surface area contributed by atoms with E-state index in [1.807, 2.05) is 32.2 Å². The van der Waals surface area contributed by atoms with Crippen LogP contribution in [0.2, 0.25) is 0 Å². The van der Waals surface area contributed by atoms with Gasteiger partial charge in [0.15, 0.2) is 0 Å². The molecule has 3 N–H and O–H groups in total. The summed E-state index contributed by atoms with van der Waals surface area (Å²) in [5.41, 5.74) is 0.130. The van der Waals surface area contributed by atoms with E-state index in [1.165, 1.54) is 0 Å². The summed E-state index contributed by atoms with van der Waals surface area (Å²) in [4.78, 5) is 0. The van der Waals surface area contributed by atoms with E-state index in [1.54, 1.807) is 23.9 Å². The highest BCUT2D eigenvalue weighted by Crippen LogP contribution is 2.23. The van der Waals surface area contributed by atoms with Crippen LogP contribution in [0.3, 0.4) is 0 Å². The Kier molecular flexibility index (Phi) is 5.31. The Morgan fingerprint density at radius 3 is 2.65 bits per heavy atom. The van der Waals surface area contributed by atoms with Crippen molar-refractivity contribution >= 4 is 11.8 Å². The summed E-state index contributed by atoms with van der Waals surface area (Å²) in [7, 11) is 0. The molecule has 1 rings (SSSR count). The van der Waals surface area contributed by atoms with Gasteiger partial charge in [-0.2, -0.15) is 11.8 Å². The van der Waals surface area contributed by atoms with E-state index in [2.05, 4.69) is 5.32 Å². The first-order chi connectivity index (χ1) is 7.96. The zero-order chi connectivity index (χ0) is 12.9. The summed E-state index contributed by atoms with van der Waals surface area (Å²) >= 11 is 1.62. The number of nitrogens with one attached hydrogen (secondary N) is 1. The van der Waals surface area contributed by atoms with Crippen LogP contribution in [0, 0.1) is 0 Å². The van der Waals surface area contributed by atoms with Crippen molar-refractivity contribution < 1.29 is 10.2 Å². The zero-order valence-electron chi connectivity index (χ0n) is 10.6. The predicted octanol–water partition coefficient (Wildman–Crippen LogP) is 2.16. The smallest absolute Gasteiger partial charge is 0.120 e. The maximum absolute atomic E-state index is 10.0. The van der Waals surface area contributed by atoms with Crippen molar-refractivity contribution in [1.29, 1.82) is 0 Å². The lowest BCUT2D eigenvalue weighted by Crippen LogP contribution is -2.40. The molecule has 4 heteroatoms. The van der Waals surface area contributed by atoms with Gasteiger partial charge in [0.1, 0.15) is 5.75 Å². The third kappa shape index (κ3) is 4.58. The third-order valence-corrected chi connectivity index (χ3v) is 3.56. The summed E-state index contributed by atoms with van der Waals surface area (Å²) in [6.45, 7) is 4.29. The van der Waals surface area contributed by atoms with Gasteiger partial charge in [-0.05, 0) is 26.2 Å². The SMILES string of the molecule is CSCC(C)(O)CNC(C)c1ccccc1O. The Labute approximate surface area is 107 Å². The lowest BCUT2D eigenvalue weighted by molar-refractivity contribution is 0.0819. The molecule has 0 saturated carbocycles. The number of aliphatic hydroxyl groups is 1. The van der Waals surface area contributed by atoms with Crippen molar-refractivity contribution in [2.45, 2.75) is 25.5 Å². The van der Waals surface area contributed by atoms with Gasteiger partial charge < -0.3 is 15.5 Å². The molecule has 0 bridgehead atoms. The Morgan fingerprint density at radius 1 is 1.41 bits per heavy atom. The molecule has 17 heavy (non-hydrogen) atoms. The molecule has 2 unspecified atom stereocenters. The van der Waals surface area contributed by atoms with E-state index in [0.29, 0.717) is 12.3 Å². The molecule has 0 aromatic heterocycles. The molecule has 0 aliphatic heterocycles. The average molecular weight is 255 g/mol. The second-order valence-corrected chi connectivity index (χ2v) is 5.46. The van der Waals surface area contributed by atoms with Gasteiger partial charge in [-0.1, -0.05) is 18.2 Å². The minimum absolute atomic E-state index is 0.0181. The van der Waals surface area contributed by atoms with Crippen molar-refractivity contribution in [2.24, 2.45) is 0 Å². The van der Waals surface area contributed by atoms with Crippen molar-refractivity contribution in [3.8, 4) is 5.75 Å². The van der Waals surface area contributed by atoms with Crippen molar-refractivity contribution in [2.75, 3.05) is 18.6 Å². The second-order valence-electron chi connectivity index (χ2n) is 4.59. The number of aromatic hydroxyl groups is 1. The summed E-state index contributed by atoms with van der Waals surface area (Å²) in [6, 6.07) is 7.27. The van der Waals surface area contributed by atoms with Crippen molar-refractivity contribution in [1.82, 2.24) is 5.32 Å². The number of para-hydroxylation sites is 1. The van der Waals surface area contributed by atoms with Crippen LogP contribution in [-0.4, -0.2) is 34.4 Å². The number of thioether (sulfide) groups is 1. The van der Waals surface area contributed by atoms with Crippen LogP contribution < -0.4 is 5.32 Å². The van der Waals surface area contributed by atoms with Crippen LogP contribution >= 0.6 is 11.8 Å². The van der Waals surface area contributed by atoms with Gasteiger partial charge in [-0.3, -0.25) is 0 Å². The number of phenols is 1. The van der Waals surface area contributed by atoms with E-state index in [4.69, 9.17) is 0 Å². The molecule has 0 spiro atoms. The summed E-state index contributed by atoms with van der Waals surface area (Å²) in [6.07, 6.45) is 1.97. The van der Waals surface area contributed by atoms with Crippen LogP contribution in [0.1, 0.15) is 25.5 Å². The topological polar surface area (TPSA) is 52.5 Å². The van der Waals surface area contributed by atoms with Gasteiger partial charge in [0, 0.05) is 23.9 Å². The first kappa shape index (κ1) is 14.4. The average Bonchev–Trinajstić information content (AvgIpc) is 2.27. The molecule has 0 saturated heterocycles. The van der Waals surface area contributed by atoms with Crippen LogP contribution in [-0.2, 0) is 0 Å². The van der Waals surface area contributed by atoms with Gasteiger partial charge >= 0.3 is 0 Å². The number of phenolic OH excluding ortho intramolecular Hbond substituents is 1. The summed E-state index contributed by atoms with van der Waals surface area (Å²) in [5, 5.41) is 23.0. The van der Waals surface area contributed by atoms with E-state index in [0.717, 1.165) is 5.56 Å². The quantitative estimate of drug-likeness (QED) is 0.729. The fraction of sp³-hybridized carbons (Fsp3) is 0.538. The molecule has 1 aromatic carbocycles. The molecule has 0 fully saturated rings. The molecule has 1 aromatic rings. The first-order valence-electron chi connectivity index (χ1n) is 5.69. The van der Waals surface area contributed by atoms with Crippen molar-refractivity contribution in [3.63, 3.8) is 0 Å². The van der Waals surface area contributed by atoms with Crippen LogP contribution in [0.15, 0.2) is 24.3 Å². The molecule has 0 heterocycles. The Morgan fingerprint density at radius 2 is 2.06 bits per heavy atom. The van der Waals surface area contributed by atoms with Gasteiger partial charge in [0.2, 0.25) is 0 Å². The van der Waals surface area contributed by atoms with E-state index in [9.17, 15) is 10.2 Å². The van der Waals surface area contributed by atoms with Crippen LogP contribution in [0.5, 0.6) is 5.75 Å². The fourth-order valence-electron chi connectivity index (χ4n) is 1.70.